The lowest BCUT2D eigenvalue weighted by Crippen LogP contribution is -2.53. The van der Waals surface area contributed by atoms with Crippen molar-refractivity contribution in [1.82, 2.24) is 10.2 Å². The highest BCUT2D eigenvalue weighted by Crippen LogP contribution is 2.18. The Balaban J connectivity index is 2.41. The predicted octanol–water partition coefficient (Wildman–Crippen LogP) is 1.42. The van der Waals surface area contributed by atoms with Gasteiger partial charge in [-0.05, 0) is 46.6 Å². The molecule has 118 valence electrons. The lowest BCUT2D eigenvalue weighted by atomic mass is 9.94. The first-order valence-electron chi connectivity index (χ1n) is 7.52. The van der Waals surface area contributed by atoms with Gasteiger partial charge in [0.1, 0.15) is 5.54 Å². The van der Waals surface area contributed by atoms with Gasteiger partial charge in [0, 0.05) is 26.2 Å². The summed E-state index contributed by atoms with van der Waals surface area (Å²) in [6, 6.07) is 0.253. The topological polar surface area (TPSA) is 50.8 Å². The molecule has 0 spiro atoms. The molecule has 1 rings (SSSR count). The van der Waals surface area contributed by atoms with E-state index in [4.69, 9.17) is 9.47 Å². The summed E-state index contributed by atoms with van der Waals surface area (Å²) in [6.07, 6.45) is 3.23. The van der Waals surface area contributed by atoms with Crippen molar-refractivity contribution in [3.63, 3.8) is 0 Å². The number of hydrogen-bond donors (Lipinski definition) is 1. The molecule has 0 aromatic heterocycles. The van der Waals surface area contributed by atoms with E-state index >= 15 is 0 Å². The highest BCUT2D eigenvalue weighted by atomic mass is 16.5. The Morgan fingerprint density at radius 2 is 2.15 bits per heavy atom. The predicted molar refractivity (Wildman–Crippen MR) is 79.8 cm³/mol. The first-order chi connectivity index (χ1) is 9.41. The molecule has 1 saturated heterocycles. The lowest BCUT2D eigenvalue weighted by molar-refractivity contribution is -0.148. The van der Waals surface area contributed by atoms with Crippen LogP contribution < -0.4 is 5.32 Å². The Morgan fingerprint density at radius 1 is 1.45 bits per heavy atom. The van der Waals surface area contributed by atoms with Crippen LogP contribution in [0.2, 0.25) is 0 Å². The monoisotopic (exact) mass is 286 g/mol. The van der Waals surface area contributed by atoms with Crippen molar-refractivity contribution in [2.75, 3.05) is 33.9 Å². The van der Waals surface area contributed by atoms with E-state index in [9.17, 15) is 4.79 Å². The van der Waals surface area contributed by atoms with Crippen LogP contribution in [0.15, 0.2) is 0 Å². The minimum Gasteiger partial charge on any atom is -0.468 e. The quantitative estimate of drug-likeness (QED) is 0.684. The molecule has 1 aliphatic heterocycles. The van der Waals surface area contributed by atoms with E-state index in [1.54, 1.807) is 7.11 Å². The third-order valence-electron chi connectivity index (χ3n) is 3.96. The zero-order valence-corrected chi connectivity index (χ0v) is 13.6. The Bertz CT molecular complexity index is 309. The maximum Gasteiger partial charge on any atom is 0.325 e. The second kappa shape index (κ2) is 7.96. The number of rotatable bonds is 8. The number of likely N-dealkylation sites (tertiary alicyclic amines) is 1. The molecule has 0 amide bonds. The number of ether oxygens (including phenoxy) is 2. The molecule has 1 N–H and O–H groups in total. The molecule has 20 heavy (non-hydrogen) atoms. The average molecular weight is 286 g/mol. The maximum atomic E-state index is 12.0. The van der Waals surface area contributed by atoms with Gasteiger partial charge in [0.2, 0.25) is 0 Å². The van der Waals surface area contributed by atoms with E-state index in [1.807, 2.05) is 20.8 Å². The van der Waals surface area contributed by atoms with E-state index in [1.165, 1.54) is 7.11 Å². The van der Waals surface area contributed by atoms with Crippen molar-refractivity contribution in [1.29, 1.82) is 0 Å². The first-order valence-corrected chi connectivity index (χ1v) is 7.52. The number of nitrogens with one attached hydrogen (secondary N) is 1. The van der Waals surface area contributed by atoms with Gasteiger partial charge in [-0.3, -0.25) is 10.1 Å². The van der Waals surface area contributed by atoms with Crippen molar-refractivity contribution in [2.24, 2.45) is 0 Å². The molecule has 0 bridgehead atoms. The highest BCUT2D eigenvalue weighted by molar-refractivity contribution is 5.80. The van der Waals surface area contributed by atoms with Gasteiger partial charge in [-0.2, -0.15) is 0 Å². The standard InChI is InChI=1S/C15H30N2O3/c1-12(2)16-15(3,14(18)20-5)8-6-9-17-10-7-13(11-17)19-4/h12-13,16H,6-11H2,1-5H3. The van der Waals surface area contributed by atoms with Crippen molar-refractivity contribution in [2.45, 2.75) is 57.7 Å². The molecule has 0 aromatic carbocycles. The van der Waals surface area contributed by atoms with Gasteiger partial charge in [-0.25, -0.2) is 0 Å². The van der Waals surface area contributed by atoms with Gasteiger partial charge in [0.25, 0.3) is 0 Å². The van der Waals surface area contributed by atoms with Crippen molar-refractivity contribution in [3.05, 3.63) is 0 Å². The number of carbonyl (C=O) groups is 1. The van der Waals surface area contributed by atoms with E-state index in [0.29, 0.717) is 6.10 Å². The summed E-state index contributed by atoms with van der Waals surface area (Å²) in [5, 5.41) is 3.33. The number of carbonyl (C=O) groups excluding carboxylic acids is 1. The molecule has 0 aromatic rings. The molecular weight excluding hydrogens is 256 g/mol. The molecule has 2 unspecified atom stereocenters. The molecule has 0 radical (unpaired) electrons. The smallest absolute Gasteiger partial charge is 0.325 e. The molecule has 1 heterocycles. The molecule has 0 saturated carbocycles. The molecule has 5 nitrogen and oxygen atoms in total. The molecule has 1 fully saturated rings. The summed E-state index contributed by atoms with van der Waals surface area (Å²) in [5.41, 5.74) is -0.594. The maximum absolute atomic E-state index is 12.0. The fraction of sp³-hybridized carbons (Fsp3) is 0.933. The minimum absolute atomic E-state index is 0.178. The van der Waals surface area contributed by atoms with E-state index in [2.05, 4.69) is 10.2 Å². The molecule has 2 atom stereocenters. The zero-order valence-electron chi connectivity index (χ0n) is 13.6. The second-order valence-electron chi connectivity index (χ2n) is 6.17. The fourth-order valence-electron chi connectivity index (χ4n) is 2.94. The van der Waals surface area contributed by atoms with Crippen LogP contribution in [0.4, 0.5) is 0 Å². The normalized spacial score (nSPS) is 23.0. The van der Waals surface area contributed by atoms with Gasteiger partial charge in [-0.1, -0.05) is 0 Å². The largest absolute Gasteiger partial charge is 0.468 e. The third-order valence-corrected chi connectivity index (χ3v) is 3.96. The van der Waals surface area contributed by atoms with Gasteiger partial charge in [0.05, 0.1) is 13.2 Å². The van der Waals surface area contributed by atoms with Gasteiger partial charge < -0.3 is 14.4 Å². The van der Waals surface area contributed by atoms with E-state index in [-0.39, 0.29) is 12.0 Å². The number of nitrogens with zero attached hydrogens (tertiary/aromatic N) is 1. The van der Waals surface area contributed by atoms with Crippen LogP contribution in [0.25, 0.3) is 0 Å². The molecular formula is C15H30N2O3. The minimum atomic E-state index is -0.594. The van der Waals surface area contributed by atoms with Gasteiger partial charge >= 0.3 is 5.97 Å². The van der Waals surface area contributed by atoms with E-state index < -0.39 is 5.54 Å². The Hall–Kier alpha value is -0.650. The van der Waals surface area contributed by atoms with Gasteiger partial charge in [0.15, 0.2) is 0 Å². The van der Waals surface area contributed by atoms with Gasteiger partial charge in [-0.15, -0.1) is 0 Å². The fourth-order valence-corrected chi connectivity index (χ4v) is 2.94. The van der Waals surface area contributed by atoms with Crippen molar-refractivity contribution >= 4 is 5.97 Å². The second-order valence-corrected chi connectivity index (χ2v) is 6.17. The molecule has 5 heteroatoms. The first kappa shape index (κ1) is 17.4. The van der Waals surface area contributed by atoms with Crippen LogP contribution in [0, 0.1) is 0 Å². The van der Waals surface area contributed by atoms with Crippen LogP contribution in [0.3, 0.4) is 0 Å². The Kier molecular flexibility index (Phi) is 6.92. The number of esters is 1. The highest BCUT2D eigenvalue weighted by Gasteiger charge is 2.34. The average Bonchev–Trinajstić information content (AvgIpc) is 2.84. The van der Waals surface area contributed by atoms with Crippen molar-refractivity contribution in [3.8, 4) is 0 Å². The summed E-state index contributed by atoms with van der Waals surface area (Å²) >= 11 is 0. The Morgan fingerprint density at radius 3 is 2.65 bits per heavy atom. The van der Waals surface area contributed by atoms with E-state index in [0.717, 1.165) is 38.9 Å². The summed E-state index contributed by atoms with van der Waals surface area (Å²) in [6.45, 7) is 9.12. The van der Waals surface area contributed by atoms with Crippen molar-refractivity contribution < 1.29 is 14.3 Å². The summed E-state index contributed by atoms with van der Waals surface area (Å²) in [7, 11) is 3.22. The molecule has 1 aliphatic rings. The zero-order chi connectivity index (χ0) is 15.2. The number of methoxy groups -OCH3 is 2. The third kappa shape index (κ3) is 5.04. The van der Waals surface area contributed by atoms with Crippen LogP contribution >= 0.6 is 0 Å². The summed E-state index contributed by atoms with van der Waals surface area (Å²) in [5.74, 6) is -0.178. The number of hydrogen-bond acceptors (Lipinski definition) is 5. The summed E-state index contributed by atoms with van der Waals surface area (Å²) in [4.78, 5) is 14.4. The van der Waals surface area contributed by atoms with Crippen LogP contribution in [-0.2, 0) is 14.3 Å². The van der Waals surface area contributed by atoms with Crippen LogP contribution in [0.1, 0.15) is 40.0 Å². The van der Waals surface area contributed by atoms with Crippen LogP contribution in [-0.4, -0.2) is 62.4 Å². The SMILES string of the molecule is COC(=O)C(C)(CCCN1CCC(OC)C1)NC(C)C. The van der Waals surface area contributed by atoms with Crippen LogP contribution in [0.5, 0.6) is 0 Å². The summed E-state index contributed by atoms with van der Waals surface area (Å²) < 4.78 is 10.3. The molecule has 0 aliphatic carbocycles. The Labute approximate surface area is 123 Å². The lowest BCUT2D eigenvalue weighted by Gasteiger charge is -2.30.